The lowest BCUT2D eigenvalue weighted by Gasteiger charge is -2.18. The van der Waals surface area contributed by atoms with Crippen molar-refractivity contribution in [3.05, 3.63) is 17.5 Å². The summed E-state index contributed by atoms with van der Waals surface area (Å²) in [5.74, 6) is 2.72. The number of nitrogens with zero attached hydrogens (tertiary/aromatic N) is 2. The van der Waals surface area contributed by atoms with Crippen LogP contribution in [-0.4, -0.2) is 42.1 Å². The van der Waals surface area contributed by atoms with Gasteiger partial charge in [-0.3, -0.25) is 4.79 Å². The van der Waals surface area contributed by atoms with Gasteiger partial charge in [0.2, 0.25) is 0 Å². The number of amides is 1. The molecule has 1 amide bonds. The van der Waals surface area contributed by atoms with Gasteiger partial charge in [0.05, 0.1) is 0 Å². The number of carbonyl (C=O) groups is 1. The minimum absolute atomic E-state index is 0.0772. The summed E-state index contributed by atoms with van der Waals surface area (Å²) >= 11 is 0. The summed E-state index contributed by atoms with van der Waals surface area (Å²) in [6.07, 6.45) is 4.96. The van der Waals surface area contributed by atoms with E-state index in [0.717, 1.165) is 37.6 Å². The smallest absolute Gasteiger partial charge is 0.273 e. The monoisotopic (exact) mass is 275 g/mol. The van der Waals surface area contributed by atoms with Crippen LogP contribution in [0, 0.1) is 11.8 Å². The maximum Gasteiger partial charge on any atom is 0.273 e. The highest BCUT2D eigenvalue weighted by Gasteiger charge is 2.42. The molecule has 1 saturated heterocycles. The molecule has 2 saturated carbocycles. The predicted molar refractivity (Wildman–Crippen MR) is 73.4 cm³/mol. The SMILES string of the molecule is CN1CC(C2CC2)[C@@H](NC(=O)c2cc(C3CC3)on2)C1. The summed E-state index contributed by atoms with van der Waals surface area (Å²) in [7, 11) is 2.13. The Labute approximate surface area is 118 Å². The molecule has 3 aliphatic rings. The number of likely N-dealkylation sites (tertiary alicyclic amines) is 1. The molecular weight excluding hydrogens is 254 g/mol. The van der Waals surface area contributed by atoms with Gasteiger partial charge in [0, 0.05) is 31.1 Å². The summed E-state index contributed by atoms with van der Waals surface area (Å²) in [4.78, 5) is 14.6. The van der Waals surface area contributed by atoms with Crippen molar-refractivity contribution in [2.24, 2.45) is 11.8 Å². The zero-order chi connectivity index (χ0) is 13.7. The molecule has 0 aromatic carbocycles. The second kappa shape index (κ2) is 4.58. The molecule has 2 heterocycles. The summed E-state index contributed by atoms with van der Waals surface area (Å²) in [5.41, 5.74) is 0.441. The average Bonchev–Trinajstić information content (AvgIpc) is 3.35. The molecule has 2 aliphatic carbocycles. The average molecular weight is 275 g/mol. The van der Waals surface area contributed by atoms with E-state index < -0.39 is 0 Å². The normalized spacial score (nSPS) is 30.6. The molecule has 1 aliphatic heterocycles. The standard InChI is InChI=1S/C15H21N3O2/c1-18-7-11(9-2-3-9)13(8-18)16-15(19)12-6-14(20-17-12)10-4-5-10/h6,9-11,13H,2-5,7-8H2,1H3,(H,16,19)/t11?,13-/m0/s1. The van der Waals surface area contributed by atoms with Crippen LogP contribution in [0.4, 0.5) is 0 Å². The van der Waals surface area contributed by atoms with Gasteiger partial charge in [-0.1, -0.05) is 5.16 Å². The Morgan fingerprint density at radius 1 is 1.35 bits per heavy atom. The van der Waals surface area contributed by atoms with Gasteiger partial charge in [-0.05, 0) is 44.6 Å². The lowest BCUT2D eigenvalue weighted by molar-refractivity contribution is 0.0919. The first-order chi connectivity index (χ1) is 9.70. The Hall–Kier alpha value is -1.36. The van der Waals surface area contributed by atoms with Crippen molar-refractivity contribution in [1.82, 2.24) is 15.4 Å². The third kappa shape index (κ3) is 2.35. The Kier molecular flexibility index (Phi) is 2.84. The predicted octanol–water partition coefficient (Wildman–Crippen LogP) is 1.62. The van der Waals surface area contributed by atoms with E-state index in [1.165, 1.54) is 12.8 Å². The third-order valence-electron chi connectivity index (χ3n) is 4.83. The van der Waals surface area contributed by atoms with Crippen molar-refractivity contribution in [3.8, 4) is 0 Å². The van der Waals surface area contributed by atoms with E-state index in [2.05, 4.69) is 22.4 Å². The minimum atomic E-state index is -0.0772. The van der Waals surface area contributed by atoms with E-state index in [1.54, 1.807) is 0 Å². The molecule has 4 rings (SSSR count). The van der Waals surface area contributed by atoms with Crippen LogP contribution in [0.2, 0.25) is 0 Å². The number of rotatable bonds is 4. The first-order valence-electron chi connectivity index (χ1n) is 7.66. The van der Waals surface area contributed by atoms with Crippen molar-refractivity contribution in [1.29, 1.82) is 0 Å². The molecule has 1 aromatic rings. The van der Waals surface area contributed by atoms with E-state index in [-0.39, 0.29) is 11.9 Å². The largest absolute Gasteiger partial charge is 0.360 e. The van der Waals surface area contributed by atoms with Gasteiger partial charge in [0.15, 0.2) is 5.69 Å². The van der Waals surface area contributed by atoms with Crippen LogP contribution < -0.4 is 5.32 Å². The summed E-state index contributed by atoms with van der Waals surface area (Å²) in [6, 6.07) is 2.08. The van der Waals surface area contributed by atoms with Gasteiger partial charge in [0.25, 0.3) is 5.91 Å². The first kappa shape index (κ1) is 12.4. The Morgan fingerprint density at radius 3 is 2.85 bits per heavy atom. The topological polar surface area (TPSA) is 58.4 Å². The van der Waals surface area contributed by atoms with E-state index in [0.29, 0.717) is 17.5 Å². The lowest BCUT2D eigenvalue weighted by Crippen LogP contribution is -2.41. The van der Waals surface area contributed by atoms with Crippen LogP contribution >= 0.6 is 0 Å². The van der Waals surface area contributed by atoms with Crippen LogP contribution in [-0.2, 0) is 0 Å². The highest BCUT2D eigenvalue weighted by Crippen LogP contribution is 2.41. The fraction of sp³-hybridized carbons (Fsp3) is 0.733. The van der Waals surface area contributed by atoms with Gasteiger partial charge >= 0.3 is 0 Å². The van der Waals surface area contributed by atoms with Crippen LogP contribution in [0.3, 0.4) is 0 Å². The number of hydrogen-bond donors (Lipinski definition) is 1. The first-order valence-corrected chi connectivity index (χ1v) is 7.66. The molecule has 108 valence electrons. The van der Waals surface area contributed by atoms with Gasteiger partial charge in [-0.25, -0.2) is 0 Å². The summed E-state index contributed by atoms with van der Waals surface area (Å²) in [5, 5.41) is 7.09. The highest BCUT2D eigenvalue weighted by molar-refractivity contribution is 5.92. The van der Waals surface area contributed by atoms with Crippen molar-refractivity contribution < 1.29 is 9.32 Å². The van der Waals surface area contributed by atoms with Crippen molar-refractivity contribution in [2.75, 3.05) is 20.1 Å². The maximum absolute atomic E-state index is 12.3. The van der Waals surface area contributed by atoms with Crippen molar-refractivity contribution >= 4 is 5.91 Å². The Balaban J connectivity index is 1.42. The lowest BCUT2D eigenvalue weighted by atomic mass is 9.98. The molecule has 0 spiro atoms. The summed E-state index contributed by atoms with van der Waals surface area (Å²) < 4.78 is 5.26. The molecular formula is C15H21N3O2. The van der Waals surface area contributed by atoms with Crippen LogP contribution in [0.25, 0.3) is 0 Å². The molecule has 1 unspecified atom stereocenters. The summed E-state index contributed by atoms with van der Waals surface area (Å²) in [6.45, 7) is 2.04. The van der Waals surface area contributed by atoms with Gasteiger partial charge in [-0.15, -0.1) is 0 Å². The van der Waals surface area contributed by atoms with Crippen LogP contribution in [0.15, 0.2) is 10.6 Å². The second-order valence-electron chi connectivity index (χ2n) is 6.69. The third-order valence-corrected chi connectivity index (χ3v) is 4.83. The highest BCUT2D eigenvalue weighted by atomic mass is 16.5. The number of hydrogen-bond acceptors (Lipinski definition) is 4. The molecule has 5 heteroatoms. The van der Waals surface area contributed by atoms with Gasteiger partial charge < -0.3 is 14.7 Å². The molecule has 3 fully saturated rings. The Morgan fingerprint density at radius 2 is 2.15 bits per heavy atom. The van der Waals surface area contributed by atoms with E-state index >= 15 is 0 Å². The molecule has 1 N–H and O–H groups in total. The van der Waals surface area contributed by atoms with E-state index in [1.807, 2.05) is 6.07 Å². The fourth-order valence-corrected chi connectivity index (χ4v) is 3.39. The molecule has 20 heavy (non-hydrogen) atoms. The molecule has 2 atom stereocenters. The fourth-order valence-electron chi connectivity index (χ4n) is 3.39. The number of aromatic nitrogens is 1. The van der Waals surface area contributed by atoms with E-state index in [9.17, 15) is 4.79 Å². The second-order valence-corrected chi connectivity index (χ2v) is 6.69. The quantitative estimate of drug-likeness (QED) is 0.907. The van der Waals surface area contributed by atoms with Gasteiger partial charge in [-0.2, -0.15) is 0 Å². The molecule has 0 bridgehead atoms. The number of carbonyl (C=O) groups excluding carboxylic acids is 1. The number of nitrogens with one attached hydrogen (secondary N) is 1. The molecule has 1 aromatic heterocycles. The van der Waals surface area contributed by atoms with Crippen LogP contribution in [0.1, 0.15) is 47.8 Å². The van der Waals surface area contributed by atoms with Crippen molar-refractivity contribution in [2.45, 2.75) is 37.6 Å². The van der Waals surface area contributed by atoms with Gasteiger partial charge in [0.1, 0.15) is 5.76 Å². The molecule has 0 radical (unpaired) electrons. The Bertz CT molecular complexity index is 519. The molecule has 5 nitrogen and oxygen atoms in total. The van der Waals surface area contributed by atoms with Crippen LogP contribution in [0.5, 0.6) is 0 Å². The van der Waals surface area contributed by atoms with Crippen molar-refractivity contribution in [3.63, 3.8) is 0 Å². The zero-order valence-corrected chi connectivity index (χ0v) is 11.8. The minimum Gasteiger partial charge on any atom is -0.360 e. The van der Waals surface area contributed by atoms with E-state index in [4.69, 9.17) is 4.52 Å². The number of likely N-dealkylation sites (N-methyl/N-ethyl adjacent to an activating group) is 1. The zero-order valence-electron chi connectivity index (χ0n) is 11.8. The maximum atomic E-state index is 12.3.